The average molecular weight is 363 g/mol. The fraction of sp³-hybridized carbons (Fsp3) is 0.318. The Kier molecular flexibility index (Phi) is 5.69. The van der Waals surface area contributed by atoms with Crippen LogP contribution < -0.4 is 10.9 Å². The summed E-state index contributed by atoms with van der Waals surface area (Å²) in [4.78, 5) is 25.5. The van der Waals surface area contributed by atoms with Gasteiger partial charge in [0.15, 0.2) is 5.69 Å². The molecule has 0 fully saturated rings. The van der Waals surface area contributed by atoms with Crippen molar-refractivity contribution in [3.8, 4) is 0 Å². The molecule has 0 saturated heterocycles. The molecule has 140 valence electrons. The summed E-state index contributed by atoms with van der Waals surface area (Å²) in [5.41, 5.74) is 1.31. The topological polar surface area (TPSA) is 64.0 Å². The van der Waals surface area contributed by atoms with E-state index in [-0.39, 0.29) is 23.3 Å². The molecule has 0 aliphatic rings. The van der Waals surface area contributed by atoms with Gasteiger partial charge in [-0.3, -0.25) is 9.59 Å². The predicted molar refractivity (Wildman–Crippen MR) is 108 cm³/mol. The second-order valence-corrected chi connectivity index (χ2v) is 7.30. The van der Waals surface area contributed by atoms with E-state index in [1.807, 2.05) is 56.3 Å². The molecule has 1 heterocycles. The second kappa shape index (κ2) is 8.16. The van der Waals surface area contributed by atoms with Gasteiger partial charge >= 0.3 is 0 Å². The van der Waals surface area contributed by atoms with E-state index < -0.39 is 0 Å². The first-order chi connectivity index (χ1) is 13.0. The lowest BCUT2D eigenvalue weighted by Gasteiger charge is -2.15. The minimum atomic E-state index is -0.258. The van der Waals surface area contributed by atoms with Gasteiger partial charge < -0.3 is 5.32 Å². The largest absolute Gasteiger partial charge is 0.350 e. The maximum Gasteiger partial charge on any atom is 0.274 e. The first kappa shape index (κ1) is 18.8. The number of nitrogens with zero attached hydrogens (tertiary/aromatic N) is 2. The third-order valence-corrected chi connectivity index (χ3v) is 4.56. The SMILES string of the molecule is CC(C)Cn1nc(C(=O)NC[C@@H](C)c2ccccc2)c2ccccc2c1=O. The van der Waals surface area contributed by atoms with Crippen molar-refractivity contribution in [2.24, 2.45) is 5.92 Å². The highest BCUT2D eigenvalue weighted by Crippen LogP contribution is 2.16. The molecular formula is C22H25N3O2. The molecule has 2 aromatic carbocycles. The number of benzene rings is 2. The molecule has 3 aromatic rings. The highest BCUT2D eigenvalue weighted by Gasteiger charge is 2.17. The van der Waals surface area contributed by atoms with Crippen molar-refractivity contribution in [3.63, 3.8) is 0 Å². The van der Waals surface area contributed by atoms with Gasteiger partial charge in [0.1, 0.15) is 0 Å². The van der Waals surface area contributed by atoms with Gasteiger partial charge in [-0.1, -0.05) is 69.3 Å². The molecule has 0 spiro atoms. The normalized spacial score (nSPS) is 12.3. The number of rotatable bonds is 6. The number of hydrogen-bond donors (Lipinski definition) is 1. The van der Waals surface area contributed by atoms with Crippen LogP contribution in [0.1, 0.15) is 42.7 Å². The van der Waals surface area contributed by atoms with Crippen LogP contribution >= 0.6 is 0 Å². The van der Waals surface area contributed by atoms with Crippen LogP contribution in [0.4, 0.5) is 0 Å². The number of amides is 1. The van der Waals surface area contributed by atoms with Crippen molar-refractivity contribution < 1.29 is 4.79 Å². The number of aromatic nitrogens is 2. The molecule has 0 unspecified atom stereocenters. The van der Waals surface area contributed by atoms with E-state index >= 15 is 0 Å². The summed E-state index contributed by atoms with van der Waals surface area (Å²) in [6.07, 6.45) is 0. The average Bonchev–Trinajstić information content (AvgIpc) is 2.68. The van der Waals surface area contributed by atoms with Crippen molar-refractivity contribution >= 4 is 16.7 Å². The zero-order valence-electron chi connectivity index (χ0n) is 16.0. The van der Waals surface area contributed by atoms with Gasteiger partial charge in [-0.25, -0.2) is 4.68 Å². The Morgan fingerprint density at radius 2 is 1.63 bits per heavy atom. The molecule has 1 amide bonds. The van der Waals surface area contributed by atoms with Gasteiger partial charge in [-0.2, -0.15) is 5.10 Å². The summed E-state index contributed by atoms with van der Waals surface area (Å²) in [5.74, 6) is 0.180. The quantitative estimate of drug-likeness (QED) is 0.728. The molecule has 0 aliphatic heterocycles. The van der Waals surface area contributed by atoms with E-state index in [2.05, 4.69) is 17.3 Å². The number of hydrogen-bond acceptors (Lipinski definition) is 3. The maximum absolute atomic E-state index is 12.9. The van der Waals surface area contributed by atoms with E-state index in [0.29, 0.717) is 29.6 Å². The van der Waals surface area contributed by atoms with Crippen LogP contribution in [-0.2, 0) is 6.54 Å². The van der Waals surface area contributed by atoms with Crippen molar-refractivity contribution in [1.82, 2.24) is 15.1 Å². The van der Waals surface area contributed by atoms with E-state index in [1.165, 1.54) is 10.2 Å². The van der Waals surface area contributed by atoms with Crippen molar-refractivity contribution in [2.45, 2.75) is 33.2 Å². The van der Waals surface area contributed by atoms with Crippen LogP contribution in [0.15, 0.2) is 59.4 Å². The smallest absolute Gasteiger partial charge is 0.274 e. The van der Waals surface area contributed by atoms with Gasteiger partial charge in [0.2, 0.25) is 0 Å². The molecule has 3 rings (SSSR count). The van der Waals surface area contributed by atoms with Crippen molar-refractivity contribution in [3.05, 3.63) is 76.2 Å². The Morgan fingerprint density at radius 1 is 1.00 bits per heavy atom. The lowest BCUT2D eigenvalue weighted by molar-refractivity contribution is 0.0946. The van der Waals surface area contributed by atoms with E-state index in [1.54, 1.807) is 12.1 Å². The zero-order valence-corrected chi connectivity index (χ0v) is 16.0. The molecule has 1 atom stereocenters. The summed E-state index contributed by atoms with van der Waals surface area (Å²) in [6.45, 7) is 7.09. The van der Waals surface area contributed by atoms with Gasteiger partial charge in [-0.15, -0.1) is 0 Å². The summed E-state index contributed by atoms with van der Waals surface area (Å²) in [5, 5.41) is 8.47. The summed E-state index contributed by atoms with van der Waals surface area (Å²) in [7, 11) is 0. The van der Waals surface area contributed by atoms with Crippen LogP contribution in [-0.4, -0.2) is 22.2 Å². The molecule has 1 N–H and O–H groups in total. The number of carbonyl (C=O) groups is 1. The van der Waals surface area contributed by atoms with Crippen LogP contribution in [0.2, 0.25) is 0 Å². The molecule has 0 saturated carbocycles. The third-order valence-electron chi connectivity index (χ3n) is 4.56. The number of nitrogens with one attached hydrogen (secondary N) is 1. The summed E-state index contributed by atoms with van der Waals surface area (Å²) in [6, 6.07) is 17.2. The van der Waals surface area contributed by atoms with Gasteiger partial charge in [-0.05, 0) is 23.5 Å². The summed E-state index contributed by atoms with van der Waals surface area (Å²) < 4.78 is 1.41. The molecule has 27 heavy (non-hydrogen) atoms. The Bertz CT molecular complexity index is 993. The monoisotopic (exact) mass is 363 g/mol. The predicted octanol–water partition coefficient (Wildman–Crippen LogP) is 3.59. The van der Waals surface area contributed by atoms with E-state index in [4.69, 9.17) is 0 Å². The fourth-order valence-electron chi connectivity index (χ4n) is 3.10. The summed E-state index contributed by atoms with van der Waals surface area (Å²) >= 11 is 0. The molecule has 0 radical (unpaired) electrons. The minimum Gasteiger partial charge on any atom is -0.350 e. The first-order valence-electron chi connectivity index (χ1n) is 9.30. The second-order valence-electron chi connectivity index (χ2n) is 7.30. The molecule has 5 nitrogen and oxygen atoms in total. The Balaban J connectivity index is 1.89. The molecule has 0 bridgehead atoms. The molecule has 5 heteroatoms. The Labute approximate surface area is 159 Å². The van der Waals surface area contributed by atoms with Crippen LogP contribution in [0.25, 0.3) is 10.8 Å². The lowest BCUT2D eigenvalue weighted by Crippen LogP contribution is -2.33. The number of carbonyl (C=O) groups excluding carboxylic acids is 1. The molecule has 1 aromatic heterocycles. The standard InChI is InChI=1S/C22H25N3O2/c1-15(2)14-25-22(27)19-12-8-7-11-18(19)20(24-25)21(26)23-13-16(3)17-9-5-4-6-10-17/h4-12,15-16H,13-14H2,1-3H3,(H,23,26)/t16-/m1/s1. The van der Waals surface area contributed by atoms with Crippen LogP contribution in [0, 0.1) is 5.92 Å². The van der Waals surface area contributed by atoms with E-state index in [0.717, 1.165) is 0 Å². The van der Waals surface area contributed by atoms with E-state index in [9.17, 15) is 9.59 Å². The molecular weight excluding hydrogens is 338 g/mol. The minimum absolute atomic E-state index is 0.159. The van der Waals surface area contributed by atoms with Crippen LogP contribution in [0.5, 0.6) is 0 Å². The first-order valence-corrected chi connectivity index (χ1v) is 9.30. The highest BCUT2D eigenvalue weighted by molar-refractivity contribution is 6.04. The lowest BCUT2D eigenvalue weighted by atomic mass is 10.0. The van der Waals surface area contributed by atoms with Gasteiger partial charge in [0, 0.05) is 18.5 Å². The van der Waals surface area contributed by atoms with Gasteiger partial charge in [0.05, 0.1) is 5.39 Å². The van der Waals surface area contributed by atoms with Crippen LogP contribution in [0.3, 0.4) is 0 Å². The van der Waals surface area contributed by atoms with Crippen molar-refractivity contribution in [2.75, 3.05) is 6.54 Å². The maximum atomic E-state index is 12.9. The molecule has 0 aliphatic carbocycles. The number of fused-ring (bicyclic) bond motifs is 1. The Hall–Kier alpha value is -2.95. The zero-order chi connectivity index (χ0) is 19.4. The Morgan fingerprint density at radius 3 is 2.30 bits per heavy atom. The highest BCUT2D eigenvalue weighted by atomic mass is 16.2. The fourth-order valence-corrected chi connectivity index (χ4v) is 3.10. The van der Waals surface area contributed by atoms with Crippen molar-refractivity contribution in [1.29, 1.82) is 0 Å². The third kappa shape index (κ3) is 4.25. The van der Waals surface area contributed by atoms with Gasteiger partial charge in [0.25, 0.3) is 11.5 Å².